The molecular formula is C14H11NO3S. The molecule has 5 heteroatoms. The second-order valence-corrected chi connectivity index (χ2v) is 5.36. The molecule has 0 aromatic heterocycles. The summed E-state index contributed by atoms with van der Waals surface area (Å²) in [6, 6.07) is 18.1. The van der Waals surface area contributed by atoms with Gasteiger partial charge in [-0.3, -0.25) is 0 Å². The average molecular weight is 273 g/mol. The van der Waals surface area contributed by atoms with E-state index < -0.39 is 16.2 Å². The molecule has 19 heavy (non-hydrogen) atoms. The summed E-state index contributed by atoms with van der Waals surface area (Å²) in [6.07, 6.45) is -1.15. The lowest BCUT2D eigenvalue weighted by atomic mass is 10.1. The van der Waals surface area contributed by atoms with Gasteiger partial charge in [-0.1, -0.05) is 48.5 Å². The molecule has 0 aliphatic rings. The van der Waals surface area contributed by atoms with E-state index in [9.17, 15) is 8.42 Å². The monoisotopic (exact) mass is 273 g/mol. The van der Waals surface area contributed by atoms with Crippen molar-refractivity contribution in [2.24, 2.45) is 0 Å². The first-order valence-corrected chi connectivity index (χ1v) is 6.97. The van der Waals surface area contributed by atoms with E-state index in [-0.39, 0.29) is 4.90 Å². The highest BCUT2D eigenvalue weighted by molar-refractivity contribution is 7.86. The van der Waals surface area contributed by atoms with Crippen LogP contribution in [0.25, 0.3) is 0 Å². The Kier molecular flexibility index (Phi) is 3.95. The molecule has 0 radical (unpaired) electrons. The van der Waals surface area contributed by atoms with Crippen molar-refractivity contribution in [2.45, 2.75) is 11.0 Å². The van der Waals surface area contributed by atoms with Crippen molar-refractivity contribution >= 4 is 10.1 Å². The Morgan fingerprint density at radius 2 is 1.47 bits per heavy atom. The quantitative estimate of drug-likeness (QED) is 0.803. The maximum atomic E-state index is 12.0. The fourth-order valence-corrected chi connectivity index (χ4v) is 2.56. The highest BCUT2D eigenvalue weighted by Gasteiger charge is 2.22. The minimum Gasteiger partial charge on any atom is -0.243 e. The number of rotatable bonds is 4. The summed E-state index contributed by atoms with van der Waals surface area (Å²) in [4.78, 5) is 0.0335. The lowest BCUT2D eigenvalue weighted by Crippen LogP contribution is -2.11. The van der Waals surface area contributed by atoms with E-state index in [1.165, 1.54) is 12.1 Å². The number of nitrogens with zero attached hydrogens (tertiary/aromatic N) is 1. The summed E-state index contributed by atoms with van der Waals surface area (Å²) in [5, 5.41) is 9.05. The molecule has 2 aromatic carbocycles. The smallest absolute Gasteiger partial charge is 0.243 e. The highest BCUT2D eigenvalue weighted by Crippen LogP contribution is 2.22. The molecule has 0 fully saturated rings. The van der Waals surface area contributed by atoms with E-state index in [4.69, 9.17) is 9.44 Å². The lowest BCUT2D eigenvalue weighted by Gasteiger charge is -2.11. The molecule has 0 N–H and O–H groups in total. The number of nitriles is 1. The van der Waals surface area contributed by atoms with Crippen LogP contribution in [0.2, 0.25) is 0 Å². The molecule has 2 aromatic rings. The van der Waals surface area contributed by atoms with Crippen LogP contribution in [-0.4, -0.2) is 8.42 Å². The Morgan fingerprint density at radius 1 is 0.947 bits per heavy atom. The second kappa shape index (κ2) is 5.65. The molecule has 0 saturated heterocycles. The Bertz CT molecular complexity index is 676. The third-order valence-corrected chi connectivity index (χ3v) is 3.77. The van der Waals surface area contributed by atoms with Crippen molar-refractivity contribution in [3.8, 4) is 6.07 Å². The first kappa shape index (κ1) is 13.3. The predicted molar refractivity (Wildman–Crippen MR) is 69.5 cm³/mol. The molecule has 0 amide bonds. The van der Waals surface area contributed by atoms with Gasteiger partial charge in [0.05, 0.1) is 4.90 Å². The Hall–Kier alpha value is -2.16. The van der Waals surface area contributed by atoms with Crippen LogP contribution in [0.3, 0.4) is 0 Å². The zero-order valence-corrected chi connectivity index (χ0v) is 10.7. The first-order chi connectivity index (χ1) is 9.13. The average Bonchev–Trinajstić information content (AvgIpc) is 2.47. The molecule has 96 valence electrons. The van der Waals surface area contributed by atoms with Crippen LogP contribution in [0.15, 0.2) is 65.6 Å². The SMILES string of the molecule is N#CC(OS(=O)(=O)c1ccccc1)c1ccccc1. The summed E-state index contributed by atoms with van der Waals surface area (Å²) in [5.41, 5.74) is 0.504. The van der Waals surface area contributed by atoms with Crippen molar-refractivity contribution in [3.63, 3.8) is 0 Å². The van der Waals surface area contributed by atoms with Crippen LogP contribution >= 0.6 is 0 Å². The molecule has 4 nitrogen and oxygen atoms in total. The Balaban J connectivity index is 2.28. The summed E-state index contributed by atoms with van der Waals surface area (Å²) in [6.45, 7) is 0. The Labute approximate surface area is 112 Å². The molecule has 0 aliphatic heterocycles. The van der Waals surface area contributed by atoms with Gasteiger partial charge < -0.3 is 0 Å². The van der Waals surface area contributed by atoms with Gasteiger partial charge in [0.25, 0.3) is 10.1 Å². The van der Waals surface area contributed by atoms with Gasteiger partial charge in [0.1, 0.15) is 6.07 Å². The van der Waals surface area contributed by atoms with Gasteiger partial charge in [-0.2, -0.15) is 13.7 Å². The third-order valence-electron chi connectivity index (χ3n) is 2.47. The maximum absolute atomic E-state index is 12.0. The molecule has 1 unspecified atom stereocenters. The largest absolute Gasteiger partial charge is 0.298 e. The summed E-state index contributed by atoms with van der Waals surface area (Å²) < 4.78 is 29.0. The molecule has 0 aliphatic carbocycles. The molecular weight excluding hydrogens is 262 g/mol. The lowest BCUT2D eigenvalue weighted by molar-refractivity contribution is 0.268. The first-order valence-electron chi connectivity index (χ1n) is 5.56. The van der Waals surface area contributed by atoms with Gasteiger partial charge in [0.15, 0.2) is 6.10 Å². The minimum atomic E-state index is -3.94. The molecule has 1 atom stereocenters. The number of hydrogen-bond donors (Lipinski definition) is 0. The topological polar surface area (TPSA) is 67.2 Å². The predicted octanol–water partition coefficient (Wildman–Crippen LogP) is 2.66. The van der Waals surface area contributed by atoms with Crippen molar-refractivity contribution in [1.29, 1.82) is 5.26 Å². The zero-order chi connectivity index (χ0) is 13.7. The number of benzene rings is 2. The van der Waals surface area contributed by atoms with Crippen LogP contribution in [0.5, 0.6) is 0 Å². The summed E-state index contributed by atoms with van der Waals surface area (Å²) in [5.74, 6) is 0. The molecule has 0 heterocycles. The van der Waals surface area contributed by atoms with Crippen molar-refractivity contribution in [1.82, 2.24) is 0 Å². The zero-order valence-electron chi connectivity index (χ0n) is 9.93. The summed E-state index contributed by atoms with van der Waals surface area (Å²) in [7, 11) is -3.94. The van der Waals surface area contributed by atoms with Gasteiger partial charge >= 0.3 is 0 Å². The van der Waals surface area contributed by atoms with Crippen LogP contribution < -0.4 is 0 Å². The van der Waals surface area contributed by atoms with Gasteiger partial charge in [0, 0.05) is 0 Å². The van der Waals surface area contributed by atoms with Gasteiger partial charge in [-0.05, 0) is 17.7 Å². The van der Waals surface area contributed by atoms with Gasteiger partial charge in [-0.15, -0.1) is 0 Å². The highest BCUT2D eigenvalue weighted by atomic mass is 32.2. The van der Waals surface area contributed by atoms with E-state index in [2.05, 4.69) is 0 Å². The van der Waals surface area contributed by atoms with Crippen LogP contribution in [0.4, 0.5) is 0 Å². The second-order valence-electron chi connectivity index (χ2n) is 3.78. The van der Waals surface area contributed by atoms with E-state index in [0.717, 1.165) is 0 Å². The Morgan fingerprint density at radius 3 is 2.00 bits per heavy atom. The molecule has 0 spiro atoms. The van der Waals surface area contributed by atoms with Crippen LogP contribution in [0, 0.1) is 11.3 Å². The minimum absolute atomic E-state index is 0.0335. The maximum Gasteiger partial charge on any atom is 0.298 e. The van der Waals surface area contributed by atoms with E-state index in [0.29, 0.717) is 5.56 Å². The number of hydrogen-bond acceptors (Lipinski definition) is 4. The van der Waals surface area contributed by atoms with Crippen LogP contribution in [-0.2, 0) is 14.3 Å². The van der Waals surface area contributed by atoms with Gasteiger partial charge in [0.2, 0.25) is 0 Å². The van der Waals surface area contributed by atoms with E-state index in [1.807, 2.05) is 6.07 Å². The van der Waals surface area contributed by atoms with Crippen molar-refractivity contribution in [2.75, 3.05) is 0 Å². The third kappa shape index (κ3) is 3.19. The van der Waals surface area contributed by atoms with Crippen LogP contribution in [0.1, 0.15) is 11.7 Å². The van der Waals surface area contributed by atoms with Crippen molar-refractivity contribution < 1.29 is 12.6 Å². The van der Waals surface area contributed by atoms with Crippen molar-refractivity contribution in [3.05, 3.63) is 66.2 Å². The normalized spacial score (nSPS) is 12.6. The van der Waals surface area contributed by atoms with E-state index >= 15 is 0 Å². The molecule has 0 bridgehead atoms. The fraction of sp³-hybridized carbons (Fsp3) is 0.0714. The fourth-order valence-electron chi connectivity index (χ4n) is 1.55. The molecule has 0 saturated carbocycles. The molecule has 2 rings (SSSR count). The van der Waals surface area contributed by atoms with E-state index in [1.54, 1.807) is 48.5 Å². The summed E-state index contributed by atoms with van der Waals surface area (Å²) >= 11 is 0. The standard InChI is InChI=1S/C14H11NO3S/c15-11-14(12-7-3-1-4-8-12)18-19(16,17)13-9-5-2-6-10-13/h1-10,14H. The van der Waals surface area contributed by atoms with Gasteiger partial charge in [-0.25, -0.2) is 4.18 Å².